The van der Waals surface area contributed by atoms with Crippen LogP contribution in [0, 0.1) is 0 Å². The van der Waals surface area contributed by atoms with Crippen LogP contribution in [-0.4, -0.2) is 96.9 Å². The average Bonchev–Trinajstić information content (AvgIpc) is 0.722. The highest BCUT2D eigenvalue weighted by molar-refractivity contribution is 7.89. The van der Waals surface area contributed by atoms with Gasteiger partial charge in [0.25, 0.3) is 0 Å². The molecule has 5 aliphatic heterocycles. The average molecular weight is 1280 g/mol. The third kappa shape index (κ3) is 20.1. The Labute approximate surface area is 525 Å². The van der Waals surface area contributed by atoms with Crippen molar-refractivity contribution in [2.45, 2.75) is 261 Å². The molecule has 8 rings (SSSR count). The molecule has 0 saturated heterocycles. The fourth-order valence-electron chi connectivity index (χ4n) is 13.7. The van der Waals surface area contributed by atoms with Crippen molar-refractivity contribution >= 4 is 51.2 Å². The zero-order valence-electron chi connectivity index (χ0n) is 53.0. The maximum absolute atomic E-state index is 14.0. The lowest BCUT2D eigenvalue weighted by Gasteiger charge is -2.39. The van der Waals surface area contributed by atoms with Crippen molar-refractivity contribution in [2.24, 2.45) is 0 Å². The zero-order valence-corrected chi connectivity index (χ0v) is 55.5. The lowest BCUT2D eigenvalue weighted by Crippen LogP contribution is -2.45. The Balaban J connectivity index is 0.875. The number of esters is 2. The van der Waals surface area contributed by atoms with Crippen molar-refractivity contribution in [2.75, 3.05) is 57.4 Å². The summed E-state index contributed by atoms with van der Waals surface area (Å²) in [6, 6.07) is 7.67. The largest absolute Gasteiger partial charge is 0.744 e. The molecule has 0 spiro atoms. The molecule has 0 bridgehead atoms. The van der Waals surface area contributed by atoms with E-state index in [9.17, 15) is 40.4 Å². The highest BCUT2D eigenvalue weighted by atomic mass is 32.2. The summed E-state index contributed by atoms with van der Waals surface area (Å²) in [5, 5.41) is 1.83. The van der Waals surface area contributed by atoms with Gasteiger partial charge in [0.15, 0.2) is 6.10 Å². The Hall–Kier alpha value is -4.20. The third-order valence-electron chi connectivity index (χ3n) is 18.3. The van der Waals surface area contributed by atoms with Gasteiger partial charge in [0, 0.05) is 84.1 Å². The summed E-state index contributed by atoms with van der Waals surface area (Å²) in [6.07, 6.45) is 36.0. The van der Waals surface area contributed by atoms with E-state index in [1.54, 1.807) is 0 Å². The summed E-state index contributed by atoms with van der Waals surface area (Å²) >= 11 is 0. The molecule has 5 heterocycles. The molecule has 0 aromatic heterocycles. The Morgan fingerprint density at radius 3 is 1.80 bits per heavy atom. The number of carbonyl (C=O) groups excluding carboxylic acids is 2. The molecule has 17 nitrogen and oxygen atoms in total. The number of fused-ring (bicyclic) bond motifs is 4. The van der Waals surface area contributed by atoms with Crippen LogP contribution in [0.25, 0.3) is 5.57 Å². The lowest BCUT2D eigenvalue weighted by molar-refractivity contribution is -0.161. The molecule has 1 unspecified atom stereocenters. The SMILES string of the molecule is CCCCCCCCCCCCCCCC(=O)OC[C@H](COP(=O)(O)OCCNS(=O)(=O)c1ccc(C2=c3cc4c5c(c3Oc3c2cc2c6c3CCCN6CCC2)CCC[N+]=5CCC4)c(S(=O)(=O)[O-])c1)OC(=O)CCCCCCCCCCCCCCC. The number of carbonyl (C=O) groups is 2. The first-order valence-electron chi connectivity index (χ1n) is 34.1. The van der Waals surface area contributed by atoms with E-state index in [1.165, 1.54) is 121 Å². The summed E-state index contributed by atoms with van der Waals surface area (Å²) in [7, 11) is -14.8. The predicted octanol–water partition coefficient (Wildman–Crippen LogP) is 12.9. The fraction of sp³-hybridized carbons (Fsp3) is 0.691. The van der Waals surface area contributed by atoms with Crippen LogP contribution in [0.5, 0.6) is 11.5 Å². The van der Waals surface area contributed by atoms with Gasteiger partial charge in [-0.25, -0.2) is 30.7 Å². The van der Waals surface area contributed by atoms with E-state index in [-0.39, 0.29) is 18.4 Å². The maximum atomic E-state index is 14.0. The second kappa shape index (κ2) is 35.0. The number of benzene rings is 3. The Morgan fingerprint density at radius 2 is 1.19 bits per heavy atom. The number of nitrogens with zero attached hydrogens (tertiary/aromatic N) is 2. The predicted molar refractivity (Wildman–Crippen MR) is 343 cm³/mol. The minimum Gasteiger partial charge on any atom is -0.744 e. The van der Waals surface area contributed by atoms with Crippen LogP contribution < -0.4 is 29.5 Å². The molecule has 2 atom stereocenters. The number of rotatable bonds is 42. The van der Waals surface area contributed by atoms with Crippen molar-refractivity contribution in [1.29, 1.82) is 0 Å². The molecule has 3 aromatic rings. The number of hydrogen-bond donors (Lipinski definition) is 2. The van der Waals surface area contributed by atoms with Gasteiger partial charge in [-0.15, -0.1) is 0 Å². The highest BCUT2D eigenvalue weighted by Gasteiger charge is 2.37. The Morgan fingerprint density at radius 1 is 0.648 bits per heavy atom. The van der Waals surface area contributed by atoms with Crippen molar-refractivity contribution in [3.05, 3.63) is 74.3 Å². The molecule has 0 amide bonds. The number of hydrogen-bond acceptors (Lipinski definition) is 14. The van der Waals surface area contributed by atoms with E-state index in [0.717, 1.165) is 162 Å². The van der Waals surface area contributed by atoms with Gasteiger partial charge in [-0.1, -0.05) is 174 Å². The number of nitrogens with one attached hydrogen (secondary N) is 1. The van der Waals surface area contributed by atoms with E-state index in [1.807, 2.05) is 0 Å². The standard InChI is InChI=1S/C68H102N3O14PS2/c1-3-5-7-9-11-13-15-17-19-21-23-25-27-37-62(72)81-50-54(84-63(73)38-28-26-24-22-20-18-16-14-12-10-8-6-4-2)51-83-86(74,75)82-46-41-69-87(76,77)55-39-40-56(61(49-55)88(78,79)80)64-59-47-52-33-29-42-70-44-31-35-57(65(52)70)67(59)85-68-58-36-32-45-71-43-30-34-53(66(58)71)48-60(64)68/h39-40,47-49,54,69H,3-38,41-46,50-51H2,1-2H3,(H-,74,75,78,79,80)/t54-/m1/s1. The second-order valence-electron chi connectivity index (χ2n) is 25.2. The molecular formula is C68H102N3O14PS2. The number of anilines is 1. The molecule has 88 heavy (non-hydrogen) atoms. The van der Waals surface area contributed by atoms with Crippen molar-refractivity contribution in [3.63, 3.8) is 0 Å². The molecule has 0 saturated carbocycles. The van der Waals surface area contributed by atoms with Gasteiger partial charge in [-0.3, -0.25) is 18.6 Å². The van der Waals surface area contributed by atoms with Crippen LogP contribution >= 0.6 is 7.82 Å². The van der Waals surface area contributed by atoms with Gasteiger partial charge in [-0.2, -0.15) is 0 Å². The minimum absolute atomic E-state index is 0.0702. The monoisotopic (exact) mass is 1280 g/mol. The molecule has 0 aliphatic carbocycles. The molecule has 0 fully saturated rings. The lowest BCUT2D eigenvalue weighted by atomic mass is 9.82. The normalized spacial score (nSPS) is 16.2. The Bertz CT molecular complexity index is 3220. The first kappa shape index (κ1) is 69.7. The molecule has 3 aromatic carbocycles. The van der Waals surface area contributed by atoms with Crippen LogP contribution in [0.2, 0.25) is 0 Å². The second-order valence-corrected chi connectivity index (χ2v) is 29.8. The summed E-state index contributed by atoms with van der Waals surface area (Å²) < 4.78 is 115. The van der Waals surface area contributed by atoms with Crippen LogP contribution in [-0.2, 0) is 78.5 Å². The van der Waals surface area contributed by atoms with Gasteiger partial charge in [0.05, 0.1) is 28.6 Å². The van der Waals surface area contributed by atoms with E-state index < -0.39 is 82.2 Å². The van der Waals surface area contributed by atoms with Gasteiger partial charge in [0.2, 0.25) is 15.4 Å². The molecular weight excluding hydrogens is 1180 g/mol. The van der Waals surface area contributed by atoms with Crippen LogP contribution in [0.3, 0.4) is 0 Å². The first-order valence-corrected chi connectivity index (χ1v) is 38.5. The summed E-state index contributed by atoms with van der Waals surface area (Å²) in [5.41, 5.74) is 6.78. The quantitative estimate of drug-likeness (QED) is 0.0138. The maximum Gasteiger partial charge on any atom is 0.472 e. The summed E-state index contributed by atoms with van der Waals surface area (Å²) in [5.74, 6) is 0.242. The van der Waals surface area contributed by atoms with Crippen LogP contribution in [0.1, 0.15) is 253 Å². The molecule has 5 aliphatic rings. The number of unbranched alkanes of at least 4 members (excludes halogenated alkanes) is 24. The molecule has 490 valence electrons. The van der Waals surface area contributed by atoms with Crippen molar-refractivity contribution < 1.29 is 63.7 Å². The number of aryl methyl sites for hydroxylation is 2. The van der Waals surface area contributed by atoms with Gasteiger partial charge in [0.1, 0.15) is 41.3 Å². The third-order valence-corrected chi connectivity index (χ3v) is 21.6. The first-order chi connectivity index (χ1) is 42.6. The highest BCUT2D eigenvalue weighted by Crippen LogP contribution is 2.49. The number of sulfonamides is 1. The topological polar surface area (TPSA) is 227 Å². The van der Waals surface area contributed by atoms with Crippen molar-refractivity contribution in [1.82, 2.24) is 9.30 Å². The smallest absolute Gasteiger partial charge is 0.472 e. The molecule has 0 radical (unpaired) electrons. The van der Waals surface area contributed by atoms with Gasteiger partial charge < -0.3 is 28.6 Å². The molecule has 20 heteroatoms. The zero-order chi connectivity index (χ0) is 62.4. The van der Waals surface area contributed by atoms with Crippen LogP contribution in [0.4, 0.5) is 5.69 Å². The van der Waals surface area contributed by atoms with E-state index in [4.69, 9.17) is 23.3 Å². The molecule has 2 N–H and O–H groups in total. The number of ether oxygens (including phenoxy) is 3. The number of phosphoric acid groups is 1. The fourth-order valence-corrected chi connectivity index (χ4v) is 16.3. The summed E-state index contributed by atoms with van der Waals surface area (Å²) in [4.78, 5) is 37.9. The summed E-state index contributed by atoms with van der Waals surface area (Å²) in [6.45, 7) is 5.89. The van der Waals surface area contributed by atoms with Gasteiger partial charge in [-0.05, 0) is 81.2 Å². The number of phosphoric ester groups is 1. The minimum atomic E-state index is -5.33. The van der Waals surface area contributed by atoms with E-state index >= 15 is 0 Å². The van der Waals surface area contributed by atoms with E-state index in [2.05, 4.69) is 40.2 Å². The van der Waals surface area contributed by atoms with E-state index in [0.29, 0.717) is 40.7 Å². The Kier molecular flexibility index (Phi) is 27.7. The van der Waals surface area contributed by atoms with Crippen LogP contribution in [0.15, 0.2) is 40.1 Å². The van der Waals surface area contributed by atoms with Gasteiger partial charge >= 0.3 is 19.8 Å². The van der Waals surface area contributed by atoms with Crippen molar-refractivity contribution in [3.8, 4) is 11.5 Å².